The largest absolute Gasteiger partial charge is 0.319 e. The van der Waals surface area contributed by atoms with Crippen molar-refractivity contribution in [3.8, 4) is 11.8 Å². The van der Waals surface area contributed by atoms with Crippen LogP contribution in [0.1, 0.15) is 17.7 Å². The highest BCUT2D eigenvalue weighted by molar-refractivity contribution is 5.43. The average Bonchev–Trinajstić information content (AvgIpc) is 2.26. The smallest absolute Gasteiger partial charge is 0.291 e. The molecule has 0 bridgehead atoms. The van der Waals surface area contributed by atoms with E-state index < -0.39 is 4.92 Å². The molecule has 1 rings (SSSR count). The van der Waals surface area contributed by atoms with Crippen LogP contribution in [-0.4, -0.2) is 23.5 Å². The second kappa shape index (κ2) is 5.83. The predicted molar refractivity (Wildman–Crippen MR) is 61.1 cm³/mol. The molecule has 0 fully saturated rings. The van der Waals surface area contributed by atoms with Gasteiger partial charge < -0.3 is 5.32 Å². The Hall–Kier alpha value is -1.93. The number of nitro groups is 1. The van der Waals surface area contributed by atoms with Crippen molar-refractivity contribution in [2.45, 2.75) is 13.3 Å². The third kappa shape index (κ3) is 3.33. The van der Waals surface area contributed by atoms with E-state index in [1.54, 1.807) is 13.1 Å². The summed E-state index contributed by atoms with van der Waals surface area (Å²) in [6.07, 6.45) is 2.26. The molecular weight excluding hydrogens is 206 g/mol. The first-order chi connectivity index (χ1) is 7.65. The Morgan fingerprint density at radius 3 is 3.00 bits per heavy atom. The first-order valence-corrected chi connectivity index (χ1v) is 4.89. The van der Waals surface area contributed by atoms with Gasteiger partial charge >= 0.3 is 0 Å². The fourth-order valence-electron chi connectivity index (χ4n) is 1.13. The molecule has 0 atom stereocenters. The summed E-state index contributed by atoms with van der Waals surface area (Å²) in [7, 11) is 1.85. The third-order valence-corrected chi connectivity index (χ3v) is 1.99. The molecule has 0 aliphatic heterocycles. The Balaban J connectivity index is 2.85. The van der Waals surface area contributed by atoms with Gasteiger partial charge in [-0.05, 0) is 14.0 Å². The molecule has 0 spiro atoms. The summed E-state index contributed by atoms with van der Waals surface area (Å²) in [6, 6.07) is 1.45. The molecule has 0 aliphatic carbocycles. The Labute approximate surface area is 94.0 Å². The van der Waals surface area contributed by atoms with Crippen LogP contribution in [0.4, 0.5) is 5.69 Å². The van der Waals surface area contributed by atoms with E-state index in [4.69, 9.17) is 0 Å². The van der Waals surface area contributed by atoms with E-state index in [0.29, 0.717) is 17.7 Å². The molecule has 1 aromatic rings. The summed E-state index contributed by atoms with van der Waals surface area (Å²) in [5.41, 5.74) is 1.000. The van der Waals surface area contributed by atoms with Crippen LogP contribution in [0.5, 0.6) is 0 Å². The van der Waals surface area contributed by atoms with E-state index >= 15 is 0 Å². The van der Waals surface area contributed by atoms with Crippen LogP contribution in [0.25, 0.3) is 0 Å². The second-order valence-corrected chi connectivity index (χ2v) is 3.24. The van der Waals surface area contributed by atoms with Crippen LogP contribution >= 0.6 is 0 Å². The van der Waals surface area contributed by atoms with Gasteiger partial charge in [-0.3, -0.25) is 15.1 Å². The zero-order valence-corrected chi connectivity index (χ0v) is 9.28. The summed E-state index contributed by atoms with van der Waals surface area (Å²) in [6.45, 7) is 2.41. The summed E-state index contributed by atoms with van der Waals surface area (Å²) >= 11 is 0. The molecule has 0 amide bonds. The van der Waals surface area contributed by atoms with Crippen LogP contribution < -0.4 is 5.32 Å². The number of nitrogens with one attached hydrogen (secondary N) is 1. The van der Waals surface area contributed by atoms with Crippen molar-refractivity contribution >= 4 is 5.69 Å². The van der Waals surface area contributed by atoms with Gasteiger partial charge in [0.2, 0.25) is 0 Å². The lowest BCUT2D eigenvalue weighted by molar-refractivity contribution is -0.385. The van der Waals surface area contributed by atoms with E-state index in [1.807, 2.05) is 7.05 Å². The molecule has 0 unspecified atom stereocenters. The van der Waals surface area contributed by atoms with Crippen molar-refractivity contribution < 1.29 is 4.92 Å². The lowest BCUT2D eigenvalue weighted by atomic mass is 10.2. The fraction of sp³-hybridized carbons (Fsp3) is 0.364. The van der Waals surface area contributed by atoms with Gasteiger partial charge in [0.15, 0.2) is 0 Å². The Kier molecular flexibility index (Phi) is 4.42. The minimum absolute atomic E-state index is 0.0143. The lowest BCUT2D eigenvalue weighted by Crippen LogP contribution is -2.05. The topological polar surface area (TPSA) is 68.1 Å². The van der Waals surface area contributed by atoms with Gasteiger partial charge in [0.05, 0.1) is 4.92 Å². The molecule has 0 aromatic carbocycles. The van der Waals surface area contributed by atoms with E-state index in [2.05, 4.69) is 22.1 Å². The second-order valence-electron chi connectivity index (χ2n) is 3.24. The SMILES string of the molecule is CNCCC#Cc1cnc(C)c([N+](=O)[O-])c1. The molecule has 0 saturated heterocycles. The van der Waals surface area contributed by atoms with Crippen molar-refractivity contribution in [1.29, 1.82) is 0 Å². The molecular formula is C11H13N3O2. The Morgan fingerprint density at radius 1 is 1.62 bits per heavy atom. The molecule has 16 heavy (non-hydrogen) atoms. The van der Waals surface area contributed by atoms with Crippen LogP contribution in [0, 0.1) is 28.9 Å². The van der Waals surface area contributed by atoms with Crippen molar-refractivity contribution in [2.75, 3.05) is 13.6 Å². The number of hydrogen-bond donors (Lipinski definition) is 1. The van der Waals surface area contributed by atoms with Crippen LogP contribution in [0.3, 0.4) is 0 Å². The van der Waals surface area contributed by atoms with E-state index in [-0.39, 0.29) is 5.69 Å². The molecule has 0 aliphatic rings. The van der Waals surface area contributed by atoms with Gasteiger partial charge in [-0.15, -0.1) is 0 Å². The zero-order chi connectivity index (χ0) is 12.0. The van der Waals surface area contributed by atoms with Crippen molar-refractivity contribution in [3.05, 3.63) is 33.6 Å². The monoisotopic (exact) mass is 219 g/mol. The average molecular weight is 219 g/mol. The zero-order valence-electron chi connectivity index (χ0n) is 9.28. The van der Waals surface area contributed by atoms with Crippen LogP contribution in [-0.2, 0) is 0 Å². The number of aryl methyl sites for hydroxylation is 1. The number of pyridine rings is 1. The standard InChI is InChI=1S/C11H13N3O2/c1-9-11(14(15)16)7-10(8-13-9)5-3-4-6-12-2/h7-8,12H,4,6H2,1-2H3. The molecule has 84 valence electrons. The maximum Gasteiger partial charge on any atom is 0.291 e. The van der Waals surface area contributed by atoms with Gasteiger partial charge in [0.1, 0.15) is 5.69 Å². The normalized spacial score (nSPS) is 9.38. The van der Waals surface area contributed by atoms with E-state index in [0.717, 1.165) is 6.54 Å². The molecule has 5 heteroatoms. The highest BCUT2D eigenvalue weighted by Crippen LogP contribution is 2.15. The van der Waals surface area contributed by atoms with Gasteiger partial charge in [0, 0.05) is 30.8 Å². The number of aromatic nitrogens is 1. The third-order valence-electron chi connectivity index (χ3n) is 1.99. The lowest BCUT2D eigenvalue weighted by Gasteiger charge is -1.96. The molecule has 0 saturated carbocycles. The van der Waals surface area contributed by atoms with Gasteiger partial charge in [-0.2, -0.15) is 0 Å². The summed E-state index contributed by atoms with van der Waals surface area (Å²) in [4.78, 5) is 14.2. The molecule has 1 heterocycles. The highest BCUT2D eigenvalue weighted by atomic mass is 16.6. The van der Waals surface area contributed by atoms with Crippen molar-refractivity contribution in [1.82, 2.24) is 10.3 Å². The quantitative estimate of drug-likeness (QED) is 0.359. The fourth-order valence-corrected chi connectivity index (χ4v) is 1.13. The first kappa shape index (κ1) is 12.1. The van der Waals surface area contributed by atoms with Crippen LogP contribution in [0.15, 0.2) is 12.3 Å². The maximum absolute atomic E-state index is 10.7. The Morgan fingerprint density at radius 2 is 2.38 bits per heavy atom. The molecule has 5 nitrogen and oxygen atoms in total. The molecule has 1 N–H and O–H groups in total. The summed E-state index contributed by atoms with van der Waals surface area (Å²) in [5, 5.41) is 13.6. The molecule has 1 aromatic heterocycles. The molecule has 0 radical (unpaired) electrons. The minimum Gasteiger partial charge on any atom is -0.319 e. The van der Waals surface area contributed by atoms with E-state index in [9.17, 15) is 10.1 Å². The van der Waals surface area contributed by atoms with Crippen molar-refractivity contribution in [3.63, 3.8) is 0 Å². The summed E-state index contributed by atoms with van der Waals surface area (Å²) in [5.74, 6) is 5.76. The van der Waals surface area contributed by atoms with Gasteiger partial charge in [-0.25, -0.2) is 0 Å². The van der Waals surface area contributed by atoms with Crippen LogP contribution in [0.2, 0.25) is 0 Å². The Bertz CT molecular complexity index is 446. The predicted octanol–water partition coefficient (Wildman–Crippen LogP) is 1.26. The minimum atomic E-state index is -0.443. The number of nitrogens with zero attached hydrogens (tertiary/aromatic N) is 2. The number of hydrogen-bond acceptors (Lipinski definition) is 4. The van der Waals surface area contributed by atoms with Gasteiger partial charge in [-0.1, -0.05) is 11.8 Å². The maximum atomic E-state index is 10.7. The first-order valence-electron chi connectivity index (χ1n) is 4.89. The van der Waals surface area contributed by atoms with Gasteiger partial charge in [0.25, 0.3) is 5.69 Å². The number of rotatable bonds is 3. The van der Waals surface area contributed by atoms with Crippen molar-refractivity contribution in [2.24, 2.45) is 0 Å². The summed E-state index contributed by atoms with van der Waals surface area (Å²) < 4.78 is 0. The van der Waals surface area contributed by atoms with E-state index in [1.165, 1.54) is 6.07 Å². The highest BCUT2D eigenvalue weighted by Gasteiger charge is 2.11.